The van der Waals surface area contributed by atoms with Crippen molar-refractivity contribution in [1.82, 2.24) is 0 Å². The smallest absolute Gasteiger partial charge is 0.314 e. The molecule has 1 atom stereocenters. The highest BCUT2D eigenvalue weighted by Gasteiger charge is 2.29. The third kappa shape index (κ3) is 5.28. The molecule has 4 nitrogen and oxygen atoms in total. The molecule has 0 aromatic rings. The molecule has 0 aromatic carbocycles. The SMILES string of the molecule is C=CCC(C(=O)OCC)C(OCC)OCC. The van der Waals surface area contributed by atoms with E-state index >= 15 is 0 Å². The Morgan fingerprint density at radius 1 is 1.19 bits per heavy atom. The number of esters is 1. The Labute approximate surface area is 97.6 Å². The fraction of sp³-hybridized carbons (Fsp3) is 0.750. The maximum atomic E-state index is 11.7. The normalized spacial score (nSPS) is 12.5. The lowest BCUT2D eigenvalue weighted by atomic mass is 10.1. The molecule has 0 saturated carbocycles. The van der Waals surface area contributed by atoms with Crippen molar-refractivity contribution in [3.63, 3.8) is 0 Å². The van der Waals surface area contributed by atoms with Crippen molar-refractivity contribution in [1.29, 1.82) is 0 Å². The summed E-state index contributed by atoms with van der Waals surface area (Å²) in [6, 6.07) is 0. The molecule has 0 aromatic heterocycles. The van der Waals surface area contributed by atoms with Crippen molar-refractivity contribution in [2.45, 2.75) is 33.5 Å². The zero-order valence-electron chi connectivity index (χ0n) is 10.4. The zero-order chi connectivity index (χ0) is 12.4. The van der Waals surface area contributed by atoms with E-state index in [4.69, 9.17) is 14.2 Å². The molecule has 0 spiro atoms. The summed E-state index contributed by atoms with van der Waals surface area (Å²) in [5, 5.41) is 0. The molecule has 94 valence electrons. The van der Waals surface area contributed by atoms with E-state index in [1.807, 2.05) is 13.8 Å². The van der Waals surface area contributed by atoms with Crippen molar-refractivity contribution < 1.29 is 19.0 Å². The predicted octanol–water partition coefficient (Wildman–Crippen LogP) is 2.14. The zero-order valence-corrected chi connectivity index (χ0v) is 10.4. The summed E-state index contributed by atoms with van der Waals surface area (Å²) in [5.74, 6) is -0.730. The fourth-order valence-corrected chi connectivity index (χ4v) is 1.36. The van der Waals surface area contributed by atoms with Crippen LogP contribution in [0.25, 0.3) is 0 Å². The highest BCUT2D eigenvalue weighted by atomic mass is 16.7. The number of carbonyl (C=O) groups excluding carboxylic acids is 1. The lowest BCUT2D eigenvalue weighted by molar-refractivity contribution is -0.188. The molecule has 0 N–H and O–H groups in total. The molecule has 0 bridgehead atoms. The van der Waals surface area contributed by atoms with Gasteiger partial charge in [-0.1, -0.05) is 6.08 Å². The molecule has 0 aliphatic heterocycles. The molecule has 0 aliphatic rings. The van der Waals surface area contributed by atoms with Crippen LogP contribution in [0.2, 0.25) is 0 Å². The minimum atomic E-state index is -0.549. The number of rotatable bonds is 9. The molecule has 0 radical (unpaired) electrons. The van der Waals surface area contributed by atoms with E-state index in [-0.39, 0.29) is 5.97 Å². The van der Waals surface area contributed by atoms with Crippen LogP contribution in [-0.4, -0.2) is 32.1 Å². The molecule has 0 saturated heterocycles. The average Bonchev–Trinajstić information content (AvgIpc) is 2.26. The maximum Gasteiger partial charge on any atom is 0.314 e. The molecule has 16 heavy (non-hydrogen) atoms. The van der Waals surface area contributed by atoms with E-state index in [2.05, 4.69) is 6.58 Å². The van der Waals surface area contributed by atoms with E-state index < -0.39 is 12.2 Å². The van der Waals surface area contributed by atoms with Crippen LogP contribution in [0, 0.1) is 5.92 Å². The fourth-order valence-electron chi connectivity index (χ4n) is 1.36. The van der Waals surface area contributed by atoms with Gasteiger partial charge in [0.1, 0.15) is 5.92 Å². The monoisotopic (exact) mass is 230 g/mol. The lowest BCUT2D eigenvalue weighted by Crippen LogP contribution is -2.34. The summed E-state index contributed by atoms with van der Waals surface area (Å²) in [4.78, 5) is 11.7. The first kappa shape index (κ1) is 15.1. The van der Waals surface area contributed by atoms with Gasteiger partial charge in [0.25, 0.3) is 0 Å². The van der Waals surface area contributed by atoms with Gasteiger partial charge in [-0.05, 0) is 27.2 Å². The van der Waals surface area contributed by atoms with Crippen LogP contribution >= 0.6 is 0 Å². The average molecular weight is 230 g/mol. The quantitative estimate of drug-likeness (QED) is 0.346. The van der Waals surface area contributed by atoms with E-state index in [1.165, 1.54) is 0 Å². The van der Waals surface area contributed by atoms with Crippen molar-refractivity contribution in [2.24, 2.45) is 5.92 Å². The van der Waals surface area contributed by atoms with Gasteiger partial charge in [-0.25, -0.2) is 0 Å². The third-order valence-corrected chi connectivity index (χ3v) is 2.00. The van der Waals surface area contributed by atoms with Crippen LogP contribution in [0.4, 0.5) is 0 Å². The van der Waals surface area contributed by atoms with Gasteiger partial charge in [-0.2, -0.15) is 0 Å². The summed E-state index contributed by atoms with van der Waals surface area (Å²) >= 11 is 0. The molecular formula is C12H22O4. The summed E-state index contributed by atoms with van der Waals surface area (Å²) < 4.78 is 15.8. The van der Waals surface area contributed by atoms with Crippen LogP contribution in [0.15, 0.2) is 12.7 Å². The van der Waals surface area contributed by atoms with Gasteiger partial charge >= 0.3 is 5.97 Å². The van der Waals surface area contributed by atoms with Gasteiger partial charge < -0.3 is 14.2 Å². The van der Waals surface area contributed by atoms with Crippen LogP contribution in [0.1, 0.15) is 27.2 Å². The highest BCUT2D eigenvalue weighted by Crippen LogP contribution is 2.16. The van der Waals surface area contributed by atoms with E-state index in [0.717, 1.165) is 0 Å². The minimum Gasteiger partial charge on any atom is -0.466 e. The second kappa shape index (κ2) is 9.36. The van der Waals surface area contributed by atoms with Gasteiger partial charge in [0.15, 0.2) is 6.29 Å². The molecule has 0 amide bonds. The standard InChI is InChI=1S/C12H22O4/c1-5-9-10(11(13)14-6-2)12(15-7-3)16-8-4/h5,10,12H,1,6-9H2,2-4H3. The summed E-state index contributed by atoms with van der Waals surface area (Å²) in [6.45, 7) is 10.5. The Morgan fingerprint density at radius 3 is 2.12 bits per heavy atom. The van der Waals surface area contributed by atoms with Gasteiger partial charge in [0, 0.05) is 13.2 Å². The highest BCUT2D eigenvalue weighted by molar-refractivity contribution is 5.73. The molecule has 4 heteroatoms. The molecule has 0 rings (SSSR count). The van der Waals surface area contributed by atoms with Crippen LogP contribution < -0.4 is 0 Å². The van der Waals surface area contributed by atoms with Crippen LogP contribution in [0.5, 0.6) is 0 Å². The molecule has 0 aliphatic carbocycles. The van der Waals surface area contributed by atoms with Crippen molar-refractivity contribution in [3.05, 3.63) is 12.7 Å². The first-order valence-electron chi connectivity index (χ1n) is 5.71. The molecule has 0 fully saturated rings. The van der Waals surface area contributed by atoms with Crippen molar-refractivity contribution in [2.75, 3.05) is 19.8 Å². The predicted molar refractivity (Wildman–Crippen MR) is 62.0 cm³/mol. The summed E-state index contributed by atoms with van der Waals surface area (Å²) in [7, 11) is 0. The Hall–Kier alpha value is -0.870. The number of ether oxygens (including phenoxy) is 3. The Balaban J connectivity index is 4.53. The van der Waals surface area contributed by atoms with E-state index in [9.17, 15) is 4.79 Å². The molecule has 0 heterocycles. The van der Waals surface area contributed by atoms with E-state index in [0.29, 0.717) is 26.2 Å². The maximum absolute atomic E-state index is 11.7. The van der Waals surface area contributed by atoms with E-state index in [1.54, 1.807) is 13.0 Å². The topological polar surface area (TPSA) is 44.8 Å². The minimum absolute atomic E-state index is 0.297. The second-order valence-electron chi connectivity index (χ2n) is 3.16. The Kier molecular flexibility index (Phi) is 8.85. The first-order chi connectivity index (χ1) is 7.71. The van der Waals surface area contributed by atoms with Gasteiger partial charge in [0.2, 0.25) is 0 Å². The number of hydrogen-bond donors (Lipinski definition) is 0. The number of allylic oxidation sites excluding steroid dienone is 1. The van der Waals surface area contributed by atoms with Gasteiger partial charge in [-0.3, -0.25) is 4.79 Å². The lowest BCUT2D eigenvalue weighted by Gasteiger charge is -2.24. The second-order valence-corrected chi connectivity index (χ2v) is 3.16. The number of carbonyl (C=O) groups is 1. The molecule has 1 unspecified atom stereocenters. The van der Waals surface area contributed by atoms with Gasteiger partial charge in [-0.15, -0.1) is 6.58 Å². The molecular weight excluding hydrogens is 208 g/mol. The Morgan fingerprint density at radius 2 is 1.75 bits per heavy atom. The summed E-state index contributed by atoms with van der Waals surface area (Å²) in [6.07, 6.45) is 1.61. The largest absolute Gasteiger partial charge is 0.466 e. The van der Waals surface area contributed by atoms with Crippen LogP contribution in [0.3, 0.4) is 0 Å². The van der Waals surface area contributed by atoms with Crippen molar-refractivity contribution >= 4 is 5.97 Å². The van der Waals surface area contributed by atoms with Gasteiger partial charge in [0.05, 0.1) is 6.61 Å². The first-order valence-corrected chi connectivity index (χ1v) is 5.71. The number of hydrogen-bond acceptors (Lipinski definition) is 4. The Bertz CT molecular complexity index is 197. The third-order valence-electron chi connectivity index (χ3n) is 2.00. The van der Waals surface area contributed by atoms with Crippen LogP contribution in [-0.2, 0) is 19.0 Å². The van der Waals surface area contributed by atoms with Crippen molar-refractivity contribution in [3.8, 4) is 0 Å². The summed E-state index contributed by atoms with van der Waals surface area (Å²) in [5.41, 5.74) is 0.